The monoisotopic (exact) mass is 195 g/mol. The zero-order valence-corrected chi connectivity index (χ0v) is 8.36. The fourth-order valence-electron chi connectivity index (χ4n) is 0.946. The molecule has 68 valence electrons. The quantitative estimate of drug-likeness (QED) is 0.677. The minimum atomic E-state index is -0.357. The Labute approximate surface area is 81.6 Å². The van der Waals surface area contributed by atoms with Gasteiger partial charge in [0.15, 0.2) is 0 Å². The Hall–Kier alpha value is -1.01. The van der Waals surface area contributed by atoms with Crippen LogP contribution in [0.2, 0.25) is 0 Å². The Kier molecular flexibility index (Phi) is 3.32. The van der Waals surface area contributed by atoms with Crippen molar-refractivity contribution in [3.05, 3.63) is 29.6 Å². The summed E-state index contributed by atoms with van der Waals surface area (Å²) in [5.74, 6) is -0.357. The lowest BCUT2D eigenvalue weighted by Crippen LogP contribution is -1.89. The maximum atomic E-state index is 12.7. The largest absolute Gasteiger partial charge is 0.207 e. The van der Waals surface area contributed by atoms with Crippen LogP contribution < -0.4 is 0 Å². The van der Waals surface area contributed by atoms with E-state index < -0.39 is 0 Å². The summed E-state index contributed by atoms with van der Waals surface area (Å²) in [4.78, 5) is 0.846. The number of halogens is 1. The second-order valence-corrected chi connectivity index (χ2v) is 4.54. The summed E-state index contributed by atoms with van der Waals surface area (Å²) in [5.41, 5.74) is 0.415. The first-order chi connectivity index (χ1) is 6.13. The highest BCUT2D eigenvalue weighted by Crippen LogP contribution is 2.26. The van der Waals surface area contributed by atoms with Crippen LogP contribution >= 0.6 is 11.8 Å². The predicted molar refractivity (Wildman–Crippen MR) is 52.1 cm³/mol. The molecule has 1 aromatic rings. The second-order valence-electron chi connectivity index (χ2n) is 2.92. The van der Waals surface area contributed by atoms with Gasteiger partial charge in [0.05, 0.1) is 5.56 Å². The van der Waals surface area contributed by atoms with E-state index in [1.54, 1.807) is 17.8 Å². The van der Waals surface area contributed by atoms with Crippen LogP contribution in [0.25, 0.3) is 0 Å². The van der Waals surface area contributed by atoms with Gasteiger partial charge in [-0.1, -0.05) is 13.8 Å². The molecular formula is C10H10FNS. The third-order valence-corrected chi connectivity index (χ3v) is 2.51. The lowest BCUT2D eigenvalue weighted by Gasteiger charge is -2.05. The smallest absolute Gasteiger partial charge is 0.124 e. The molecule has 0 atom stereocenters. The minimum Gasteiger partial charge on any atom is -0.207 e. The van der Waals surface area contributed by atoms with Crippen molar-refractivity contribution in [2.45, 2.75) is 24.0 Å². The Balaban J connectivity index is 3.01. The van der Waals surface area contributed by atoms with Gasteiger partial charge in [0.2, 0.25) is 0 Å². The van der Waals surface area contributed by atoms with E-state index in [0.29, 0.717) is 10.8 Å². The van der Waals surface area contributed by atoms with Crippen molar-refractivity contribution in [3.63, 3.8) is 0 Å². The first kappa shape index (κ1) is 10.1. The van der Waals surface area contributed by atoms with Gasteiger partial charge < -0.3 is 0 Å². The van der Waals surface area contributed by atoms with Gasteiger partial charge in [-0.2, -0.15) is 5.26 Å². The Morgan fingerprint density at radius 2 is 2.15 bits per heavy atom. The normalized spacial score (nSPS) is 10.1. The van der Waals surface area contributed by atoms with Gasteiger partial charge >= 0.3 is 0 Å². The number of nitrogens with zero attached hydrogens (tertiary/aromatic N) is 1. The van der Waals surface area contributed by atoms with Crippen molar-refractivity contribution in [1.82, 2.24) is 0 Å². The van der Waals surface area contributed by atoms with Gasteiger partial charge in [0.25, 0.3) is 0 Å². The van der Waals surface area contributed by atoms with E-state index in [2.05, 4.69) is 0 Å². The highest BCUT2D eigenvalue weighted by atomic mass is 32.2. The van der Waals surface area contributed by atoms with E-state index in [4.69, 9.17) is 5.26 Å². The molecule has 0 aliphatic heterocycles. The molecule has 1 rings (SSSR count). The van der Waals surface area contributed by atoms with E-state index in [-0.39, 0.29) is 5.82 Å². The standard InChI is InChI=1S/C10H10FNS/c1-7(2)13-10-4-3-9(11)5-8(10)6-12/h3-5,7H,1-2H3. The molecule has 0 saturated carbocycles. The van der Waals surface area contributed by atoms with Gasteiger partial charge in [0, 0.05) is 10.1 Å². The topological polar surface area (TPSA) is 23.8 Å². The molecular weight excluding hydrogens is 185 g/mol. The summed E-state index contributed by atoms with van der Waals surface area (Å²) in [7, 11) is 0. The maximum Gasteiger partial charge on any atom is 0.124 e. The SMILES string of the molecule is CC(C)Sc1ccc(F)cc1C#N. The van der Waals surface area contributed by atoms with E-state index in [0.717, 1.165) is 4.90 Å². The zero-order valence-electron chi connectivity index (χ0n) is 7.54. The second kappa shape index (κ2) is 4.29. The molecule has 0 radical (unpaired) electrons. The number of rotatable bonds is 2. The molecule has 0 bridgehead atoms. The van der Waals surface area contributed by atoms with Crippen molar-refractivity contribution in [2.24, 2.45) is 0 Å². The zero-order chi connectivity index (χ0) is 9.84. The summed E-state index contributed by atoms with van der Waals surface area (Å²) in [6.07, 6.45) is 0. The van der Waals surface area contributed by atoms with Crippen LogP contribution in [-0.4, -0.2) is 5.25 Å². The number of nitriles is 1. The molecule has 3 heteroatoms. The third kappa shape index (κ3) is 2.74. The molecule has 13 heavy (non-hydrogen) atoms. The van der Waals surface area contributed by atoms with Gasteiger partial charge in [-0.25, -0.2) is 4.39 Å². The van der Waals surface area contributed by atoms with Crippen LogP contribution in [0.15, 0.2) is 23.1 Å². The summed E-state index contributed by atoms with van der Waals surface area (Å²) >= 11 is 1.57. The molecule has 0 amide bonds. The predicted octanol–water partition coefficient (Wildman–Crippen LogP) is 3.20. The highest BCUT2D eigenvalue weighted by Gasteiger charge is 2.05. The maximum absolute atomic E-state index is 12.7. The molecule has 1 nitrogen and oxygen atoms in total. The number of benzene rings is 1. The van der Waals surface area contributed by atoms with E-state index in [1.807, 2.05) is 19.9 Å². The lowest BCUT2D eigenvalue weighted by molar-refractivity contribution is 0.626. The molecule has 0 aromatic heterocycles. The molecule has 0 heterocycles. The molecule has 0 aliphatic rings. The van der Waals surface area contributed by atoms with Gasteiger partial charge in [-0.05, 0) is 18.2 Å². The average molecular weight is 195 g/mol. The molecule has 0 fully saturated rings. The van der Waals surface area contributed by atoms with Crippen molar-refractivity contribution >= 4 is 11.8 Å². The van der Waals surface area contributed by atoms with E-state index >= 15 is 0 Å². The average Bonchev–Trinajstić information content (AvgIpc) is 2.07. The van der Waals surface area contributed by atoms with Crippen LogP contribution in [0.3, 0.4) is 0 Å². The Bertz CT molecular complexity index is 341. The summed E-state index contributed by atoms with van der Waals surface area (Å²) < 4.78 is 12.7. The van der Waals surface area contributed by atoms with Crippen LogP contribution in [-0.2, 0) is 0 Å². The fraction of sp³-hybridized carbons (Fsp3) is 0.300. The van der Waals surface area contributed by atoms with Crippen LogP contribution in [0.5, 0.6) is 0 Å². The number of thioether (sulfide) groups is 1. The molecule has 0 N–H and O–H groups in total. The number of hydrogen-bond donors (Lipinski definition) is 0. The van der Waals surface area contributed by atoms with Crippen LogP contribution in [0, 0.1) is 17.1 Å². The van der Waals surface area contributed by atoms with E-state index in [9.17, 15) is 4.39 Å². The van der Waals surface area contributed by atoms with Crippen LogP contribution in [0.4, 0.5) is 4.39 Å². The molecule has 0 spiro atoms. The number of hydrogen-bond acceptors (Lipinski definition) is 2. The fourth-order valence-corrected chi connectivity index (χ4v) is 1.83. The van der Waals surface area contributed by atoms with Crippen LogP contribution in [0.1, 0.15) is 19.4 Å². The first-order valence-corrected chi connectivity index (χ1v) is 4.87. The Morgan fingerprint density at radius 1 is 1.46 bits per heavy atom. The van der Waals surface area contributed by atoms with Gasteiger partial charge in [-0.3, -0.25) is 0 Å². The summed E-state index contributed by atoms with van der Waals surface area (Å²) in [5, 5.41) is 9.13. The molecule has 0 unspecified atom stereocenters. The van der Waals surface area contributed by atoms with Gasteiger partial charge in [-0.15, -0.1) is 11.8 Å². The van der Waals surface area contributed by atoms with E-state index in [1.165, 1.54) is 12.1 Å². The van der Waals surface area contributed by atoms with Crippen molar-refractivity contribution in [3.8, 4) is 6.07 Å². The van der Waals surface area contributed by atoms with Crippen molar-refractivity contribution in [2.75, 3.05) is 0 Å². The summed E-state index contributed by atoms with van der Waals surface area (Å²) in [6.45, 7) is 4.07. The molecule has 0 aliphatic carbocycles. The highest BCUT2D eigenvalue weighted by molar-refractivity contribution is 8.00. The molecule has 0 saturated heterocycles. The summed E-state index contributed by atoms with van der Waals surface area (Å²) in [6, 6.07) is 6.28. The third-order valence-electron chi connectivity index (χ3n) is 1.42. The van der Waals surface area contributed by atoms with Gasteiger partial charge in [0.1, 0.15) is 11.9 Å². The van der Waals surface area contributed by atoms with Crippen molar-refractivity contribution < 1.29 is 4.39 Å². The molecule has 1 aromatic carbocycles. The Morgan fingerprint density at radius 3 is 2.69 bits per heavy atom. The first-order valence-electron chi connectivity index (χ1n) is 4.00. The van der Waals surface area contributed by atoms with Crippen molar-refractivity contribution in [1.29, 1.82) is 5.26 Å². The minimum absolute atomic E-state index is 0.357. The lowest BCUT2D eigenvalue weighted by atomic mass is 10.2.